The SMILES string of the molecule is N#Cc1cc(C(=O)ON)c(C(=O)O)c2c1-c1cccc3cccc-2c13. The van der Waals surface area contributed by atoms with E-state index >= 15 is 0 Å². The van der Waals surface area contributed by atoms with E-state index in [1.165, 1.54) is 6.07 Å². The number of nitrogens with zero attached hydrogens (tertiary/aromatic N) is 1. The number of aromatic carboxylic acids is 1. The Labute approximate surface area is 141 Å². The first kappa shape index (κ1) is 14.9. The van der Waals surface area contributed by atoms with Crippen molar-refractivity contribution in [2.75, 3.05) is 0 Å². The normalized spacial score (nSPS) is 11.0. The van der Waals surface area contributed by atoms with Crippen LogP contribution < -0.4 is 5.90 Å². The molecule has 3 aromatic rings. The summed E-state index contributed by atoms with van der Waals surface area (Å²) in [7, 11) is 0. The number of carbonyl (C=O) groups excluding carboxylic acids is 1. The van der Waals surface area contributed by atoms with Gasteiger partial charge in [-0.15, -0.1) is 0 Å². The van der Waals surface area contributed by atoms with Crippen LogP contribution in [0.25, 0.3) is 33.0 Å². The van der Waals surface area contributed by atoms with Gasteiger partial charge in [0.15, 0.2) is 0 Å². The van der Waals surface area contributed by atoms with Gasteiger partial charge in [-0.3, -0.25) is 0 Å². The monoisotopic (exact) mass is 330 g/mol. The van der Waals surface area contributed by atoms with Crippen molar-refractivity contribution in [1.29, 1.82) is 5.26 Å². The highest BCUT2D eigenvalue weighted by Crippen LogP contribution is 2.50. The molecule has 25 heavy (non-hydrogen) atoms. The molecule has 0 spiro atoms. The second kappa shape index (κ2) is 5.16. The molecule has 1 aliphatic rings. The molecule has 0 bridgehead atoms. The maximum absolute atomic E-state index is 12.0. The summed E-state index contributed by atoms with van der Waals surface area (Å²) in [4.78, 5) is 28.2. The van der Waals surface area contributed by atoms with Gasteiger partial charge in [-0.1, -0.05) is 36.4 Å². The lowest BCUT2D eigenvalue weighted by molar-refractivity contribution is 0.0493. The highest BCUT2D eigenvalue weighted by atomic mass is 16.7. The third-order valence-electron chi connectivity index (χ3n) is 4.43. The van der Waals surface area contributed by atoms with Gasteiger partial charge in [-0.2, -0.15) is 11.2 Å². The lowest BCUT2D eigenvalue weighted by Crippen LogP contribution is -2.16. The number of carbonyl (C=O) groups is 2. The number of nitrogens with two attached hydrogens (primary N) is 1. The minimum atomic E-state index is -1.29. The molecular formula is C19H10N2O4. The smallest absolute Gasteiger partial charge is 0.357 e. The van der Waals surface area contributed by atoms with E-state index in [-0.39, 0.29) is 16.7 Å². The Morgan fingerprint density at radius 1 is 1.08 bits per heavy atom. The van der Waals surface area contributed by atoms with E-state index in [1.54, 1.807) is 6.07 Å². The van der Waals surface area contributed by atoms with Crippen molar-refractivity contribution in [2.45, 2.75) is 0 Å². The molecule has 120 valence electrons. The van der Waals surface area contributed by atoms with Crippen molar-refractivity contribution in [3.8, 4) is 28.3 Å². The number of benzene rings is 3. The second-order valence-electron chi connectivity index (χ2n) is 5.63. The average Bonchev–Trinajstić information content (AvgIpc) is 2.96. The molecule has 0 aliphatic heterocycles. The summed E-state index contributed by atoms with van der Waals surface area (Å²) < 4.78 is 0. The minimum absolute atomic E-state index is 0.198. The highest BCUT2D eigenvalue weighted by Gasteiger charge is 2.33. The van der Waals surface area contributed by atoms with Crippen LogP contribution in [0.4, 0.5) is 0 Å². The molecule has 6 heteroatoms. The molecule has 0 unspecified atom stereocenters. The summed E-state index contributed by atoms with van der Waals surface area (Å²) in [5.74, 6) is 2.66. The topological polar surface area (TPSA) is 113 Å². The maximum atomic E-state index is 12.0. The Morgan fingerprint density at radius 3 is 2.28 bits per heavy atom. The Hall–Kier alpha value is -3.69. The van der Waals surface area contributed by atoms with Crippen molar-refractivity contribution >= 4 is 22.7 Å². The van der Waals surface area contributed by atoms with Crippen LogP contribution in [0.3, 0.4) is 0 Å². The molecule has 4 rings (SSSR count). The third kappa shape index (κ3) is 1.87. The summed E-state index contributed by atoms with van der Waals surface area (Å²) in [6, 6.07) is 14.4. The van der Waals surface area contributed by atoms with Gasteiger partial charge in [0.2, 0.25) is 0 Å². The van der Waals surface area contributed by atoms with E-state index in [2.05, 4.69) is 4.84 Å². The number of nitriles is 1. The van der Waals surface area contributed by atoms with Crippen LogP contribution in [0, 0.1) is 11.3 Å². The summed E-state index contributed by atoms with van der Waals surface area (Å²) in [5.41, 5.74) is 2.05. The fourth-order valence-corrected chi connectivity index (χ4v) is 3.52. The molecule has 0 saturated carbocycles. The molecule has 0 radical (unpaired) electrons. The zero-order valence-electron chi connectivity index (χ0n) is 12.7. The van der Waals surface area contributed by atoms with Crippen LogP contribution in [-0.4, -0.2) is 17.0 Å². The lowest BCUT2D eigenvalue weighted by Gasteiger charge is -2.12. The first-order valence-corrected chi connectivity index (χ1v) is 7.36. The van der Waals surface area contributed by atoms with E-state index < -0.39 is 11.9 Å². The molecule has 0 fully saturated rings. The summed E-state index contributed by atoms with van der Waals surface area (Å²) in [6.07, 6.45) is 0. The molecule has 3 aromatic carbocycles. The molecule has 1 aliphatic carbocycles. The predicted molar refractivity (Wildman–Crippen MR) is 89.7 cm³/mol. The van der Waals surface area contributed by atoms with Gasteiger partial charge < -0.3 is 9.94 Å². The molecule has 6 nitrogen and oxygen atoms in total. The lowest BCUT2D eigenvalue weighted by atomic mass is 9.90. The van der Waals surface area contributed by atoms with E-state index in [4.69, 9.17) is 5.90 Å². The van der Waals surface area contributed by atoms with E-state index in [0.717, 1.165) is 16.3 Å². The number of hydrogen-bond acceptors (Lipinski definition) is 5. The van der Waals surface area contributed by atoms with Gasteiger partial charge in [0.25, 0.3) is 0 Å². The first-order chi connectivity index (χ1) is 12.1. The molecular weight excluding hydrogens is 320 g/mol. The van der Waals surface area contributed by atoms with Crippen molar-refractivity contribution in [3.63, 3.8) is 0 Å². The molecule has 0 saturated heterocycles. The van der Waals surface area contributed by atoms with Gasteiger partial charge in [0, 0.05) is 11.1 Å². The first-order valence-electron chi connectivity index (χ1n) is 7.36. The van der Waals surface area contributed by atoms with Crippen molar-refractivity contribution < 1.29 is 19.5 Å². The van der Waals surface area contributed by atoms with Gasteiger partial charge in [0.1, 0.15) is 0 Å². The number of hydrogen-bond donors (Lipinski definition) is 2. The quantitative estimate of drug-likeness (QED) is 0.546. The van der Waals surface area contributed by atoms with Gasteiger partial charge in [-0.05, 0) is 28.0 Å². The average molecular weight is 330 g/mol. The zero-order chi connectivity index (χ0) is 17.7. The van der Waals surface area contributed by atoms with Crippen LogP contribution in [-0.2, 0) is 4.84 Å². The van der Waals surface area contributed by atoms with Crippen LogP contribution >= 0.6 is 0 Å². The largest absolute Gasteiger partial charge is 0.478 e. The number of rotatable bonds is 2. The van der Waals surface area contributed by atoms with E-state index in [1.807, 2.05) is 36.4 Å². The fraction of sp³-hybridized carbons (Fsp3) is 0. The number of carboxylic acid groups (broad SMARTS) is 1. The fourth-order valence-electron chi connectivity index (χ4n) is 3.52. The van der Waals surface area contributed by atoms with E-state index in [9.17, 15) is 20.0 Å². The Morgan fingerprint density at radius 2 is 1.72 bits per heavy atom. The molecule has 0 amide bonds. The molecule has 0 heterocycles. The Balaban J connectivity index is 2.26. The maximum Gasteiger partial charge on any atom is 0.357 e. The molecule has 0 atom stereocenters. The van der Waals surface area contributed by atoms with Gasteiger partial charge in [-0.25, -0.2) is 9.59 Å². The minimum Gasteiger partial charge on any atom is -0.478 e. The van der Waals surface area contributed by atoms with Crippen LogP contribution in [0.5, 0.6) is 0 Å². The van der Waals surface area contributed by atoms with Crippen LogP contribution in [0.15, 0.2) is 42.5 Å². The predicted octanol–water partition coefficient (Wildman–Crippen LogP) is 3.09. The summed E-state index contributed by atoms with van der Waals surface area (Å²) in [5, 5.41) is 21.1. The second-order valence-corrected chi connectivity index (χ2v) is 5.63. The summed E-state index contributed by atoms with van der Waals surface area (Å²) in [6.45, 7) is 0. The van der Waals surface area contributed by atoms with Gasteiger partial charge >= 0.3 is 11.9 Å². The molecule has 3 N–H and O–H groups in total. The van der Waals surface area contributed by atoms with Crippen LogP contribution in [0.1, 0.15) is 26.3 Å². The third-order valence-corrected chi connectivity index (χ3v) is 4.43. The van der Waals surface area contributed by atoms with Crippen molar-refractivity contribution in [1.82, 2.24) is 0 Å². The summed E-state index contributed by atoms with van der Waals surface area (Å²) >= 11 is 0. The highest BCUT2D eigenvalue weighted by molar-refractivity contribution is 6.22. The van der Waals surface area contributed by atoms with E-state index in [0.29, 0.717) is 16.7 Å². The standard InChI is InChI=1S/C19H10N2O4/c20-8-10-7-13(19(24)25-21)17(18(22)23)16-12-6-2-4-9-3-1-5-11(14(9)12)15(10)16/h1-7H,21H2,(H,22,23). The number of carboxylic acids is 1. The molecule has 0 aromatic heterocycles. The zero-order valence-corrected chi connectivity index (χ0v) is 12.7. The van der Waals surface area contributed by atoms with Crippen molar-refractivity contribution in [2.24, 2.45) is 5.90 Å². The van der Waals surface area contributed by atoms with Crippen molar-refractivity contribution in [3.05, 3.63) is 59.2 Å². The van der Waals surface area contributed by atoms with Crippen LogP contribution in [0.2, 0.25) is 0 Å². The number of fused-ring (bicyclic) bond motifs is 3. The Bertz CT molecular complexity index is 1140. The van der Waals surface area contributed by atoms with Gasteiger partial charge in [0.05, 0.1) is 22.8 Å². The Kier molecular flexibility index (Phi) is 3.07.